The first kappa shape index (κ1) is 18.6. The third-order valence-corrected chi connectivity index (χ3v) is 4.93. The lowest BCUT2D eigenvalue weighted by Crippen LogP contribution is -2.54. The fourth-order valence-corrected chi connectivity index (χ4v) is 3.61. The summed E-state index contributed by atoms with van der Waals surface area (Å²) in [4.78, 5) is 15.2. The molecule has 1 amide bonds. The number of carbonyl (C=O) groups excluding carboxylic acids is 1. The van der Waals surface area contributed by atoms with Gasteiger partial charge in [-0.2, -0.15) is 0 Å². The molecule has 0 saturated carbocycles. The molecule has 4 heteroatoms. The number of benzene rings is 2. The molecule has 1 N–H and O–H groups in total. The highest BCUT2D eigenvalue weighted by atomic mass is 16.5. The third kappa shape index (κ3) is 4.51. The van der Waals surface area contributed by atoms with Crippen LogP contribution in [0, 0.1) is 0 Å². The van der Waals surface area contributed by atoms with Crippen molar-refractivity contribution in [2.45, 2.75) is 45.1 Å². The summed E-state index contributed by atoms with van der Waals surface area (Å²) in [6.45, 7) is 7.65. The van der Waals surface area contributed by atoms with Gasteiger partial charge in [0.1, 0.15) is 0 Å². The predicted octanol–water partition coefficient (Wildman–Crippen LogP) is 3.39. The van der Waals surface area contributed by atoms with Gasteiger partial charge in [0.15, 0.2) is 0 Å². The van der Waals surface area contributed by atoms with Crippen molar-refractivity contribution in [1.29, 1.82) is 0 Å². The van der Waals surface area contributed by atoms with Gasteiger partial charge < -0.3 is 10.1 Å². The molecule has 3 rings (SSSR count). The van der Waals surface area contributed by atoms with Gasteiger partial charge in [-0.05, 0) is 31.9 Å². The van der Waals surface area contributed by atoms with E-state index in [9.17, 15) is 4.79 Å². The largest absolute Gasteiger partial charge is 0.373 e. The summed E-state index contributed by atoms with van der Waals surface area (Å²) in [6.07, 6.45) is 0.293. The van der Waals surface area contributed by atoms with E-state index < -0.39 is 0 Å². The van der Waals surface area contributed by atoms with Gasteiger partial charge in [-0.25, -0.2) is 0 Å². The maximum atomic E-state index is 13.0. The van der Waals surface area contributed by atoms with E-state index in [0.717, 1.165) is 24.2 Å². The summed E-state index contributed by atoms with van der Waals surface area (Å²) in [5, 5.41) is 3.25. The summed E-state index contributed by atoms with van der Waals surface area (Å²) < 4.78 is 5.79. The smallest absolute Gasteiger partial charge is 0.237 e. The van der Waals surface area contributed by atoms with Crippen LogP contribution in [0.15, 0.2) is 60.7 Å². The first-order chi connectivity index (χ1) is 12.5. The van der Waals surface area contributed by atoms with Crippen LogP contribution in [0.2, 0.25) is 0 Å². The number of carbonyl (C=O) groups is 1. The molecule has 0 radical (unpaired) electrons. The Labute approximate surface area is 156 Å². The molecule has 1 fully saturated rings. The maximum absolute atomic E-state index is 13.0. The molecule has 3 atom stereocenters. The van der Waals surface area contributed by atoms with Crippen LogP contribution in [-0.4, -0.2) is 42.1 Å². The molecule has 0 aliphatic carbocycles. The lowest BCUT2D eigenvalue weighted by atomic mass is 9.98. The minimum absolute atomic E-state index is 0.0454. The molecule has 0 bridgehead atoms. The van der Waals surface area contributed by atoms with Crippen molar-refractivity contribution in [3.63, 3.8) is 0 Å². The fourth-order valence-electron chi connectivity index (χ4n) is 3.61. The van der Waals surface area contributed by atoms with Crippen LogP contribution in [0.4, 0.5) is 0 Å². The Balaban J connectivity index is 1.77. The molecule has 1 heterocycles. The van der Waals surface area contributed by atoms with E-state index >= 15 is 0 Å². The number of ether oxygens (including phenoxy) is 1. The van der Waals surface area contributed by atoms with Crippen LogP contribution in [-0.2, 0) is 9.53 Å². The zero-order chi connectivity index (χ0) is 18.5. The maximum Gasteiger partial charge on any atom is 0.237 e. The van der Waals surface area contributed by atoms with Gasteiger partial charge in [0.2, 0.25) is 5.91 Å². The fraction of sp³-hybridized carbons (Fsp3) is 0.409. The Kier molecular flexibility index (Phi) is 6.07. The number of hydrogen-bond acceptors (Lipinski definition) is 3. The van der Waals surface area contributed by atoms with Gasteiger partial charge in [0, 0.05) is 13.1 Å². The Morgan fingerprint density at radius 3 is 1.88 bits per heavy atom. The summed E-state index contributed by atoms with van der Waals surface area (Å²) in [7, 11) is 0. The predicted molar refractivity (Wildman–Crippen MR) is 104 cm³/mol. The molecule has 1 saturated heterocycles. The minimum Gasteiger partial charge on any atom is -0.373 e. The van der Waals surface area contributed by atoms with E-state index in [0.29, 0.717) is 0 Å². The van der Waals surface area contributed by atoms with Crippen molar-refractivity contribution >= 4 is 5.91 Å². The van der Waals surface area contributed by atoms with Crippen LogP contribution in [0.5, 0.6) is 0 Å². The standard InChI is InChI=1S/C22H28N2O2/c1-16-14-24(15-17(2)26-16)18(3)22(25)23-21(19-10-6-4-7-11-19)20-12-8-5-9-13-20/h4-13,16-18,21H,14-15H2,1-3H3,(H,23,25)/t16-,17+,18-/m1/s1. The van der Waals surface area contributed by atoms with E-state index in [1.54, 1.807) is 0 Å². The van der Waals surface area contributed by atoms with Gasteiger partial charge in [0.25, 0.3) is 0 Å². The number of rotatable bonds is 5. The van der Waals surface area contributed by atoms with Gasteiger partial charge in [-0.1, -0.05) is 60.7 Å². The van der Waals surface area contributed by atoms with Crippen LogP contribution >= 0.6 is 0 Å². The molecule has 1 aliphatic heterocycles. The summed E-state index contributed by atoms with van der Waals surface area (Å²) in [6, 6.07) is 19.9. The second-order valence-corrected chi connectivity index (χ2v) is 7.15. The molecular formula is C22H28N2O2. The van der Waals surface area contributed by atoms with Crippen molar-refractivity contribution in [2.24, 2.45) is 0 Å². The Morgan fingerprint density at radius 2 is 1.42 bits per heavy atom. The first-order valence-electron chi connectivity index (χ1n) is 9.34. The highest BCUT2D eigenvalue weighted by molar-refractivity contribution is 5.82. The topological polar surface area (TPSA) is 41.6 Å². The van der Waals surface area contributed by atoms with Crippen LogP contribution < -0.4 is 5.32 Å². The van der Waals surface area contributed by atoms with Crippen LogP contribution in [0.3, 0.4) is 0 Å². The summed E-state index contributed by atoms with van der Waals surface area (Å²) >= 11 is 0. The summed E-state index contributed by atoms with van der Waals surface area (Å²) in [5.41, 5.74) is 2.17. The van der Waals surface area contributed by atoms with Gasteiger partial charge in [0.05, 0.1) is 24.3 Å². The number of amides is 1. The second kappa shape index (κ2) is 8.47. The van der Waals surface area contributed by atoms with Gasteiger partial charge in [-0.3, -0.25) is 9.69 Å². The summed E-state index contributed by atoms with van der Waals surface area (Å²) in [5.74, 6) is 0.0454. The van der Waals surface area contributed by atoms with Crippen molar-refractivity contribution in [1.82, 2.24) is 10.2 Å². The van der Waals surface area contributed by atoms with Crippen molar-refractivity contribution in [2.75, 3.05) is 13.1 Å². The van der Waals surface area contributed by atoms with E-state index in [1.807, 2.05) is 43.3 Å². The van der Waals surface area contributed by atoms with E-state index in [1.165, 1.54) is 0 Å². The molecular weight excluding hydrogens is 324 g/mol. The number of nitrogens with one attached hydrogen (secondary N) is 1. The quantitative estimate of drug-likeness (QED) is 0.897. The lowest BCUT2D eigenvalue weighted by Gasteiger charge is -2.38. The second-order valence-electron chi connectivity index (χ2n) is 7.15. The lowest BCUT2D eigenvalue weighted by molar-refractivity contribution is -0.132. The molecule has 1 aliphatic rings. The Morgan fingerprint density at radius 1 is 0.962 bits per heavy atom. The van der Waals surface area contributed by atoms with Gasteiger partial charge in [-0.15, -0.1) is 0 Å². The van der Waals surface area contributed by atoms with Crippen molar-refractivity contribution in [3.8, 4) is 0 Å². The van der Waals surface area contributed by atoms with E-state index in [4.69, 9.17) is 4.74 Å². The normalized spacial score (nSPS) is 22.2. The zero-order valence-corrected chi connectivity index (χ0v) is 15.8. The van der Waals surface area contributed by atoms with E-state index in [2.05, 4.69) is 48.3 Å². The minimum atomic E-state index is -0.196. The highest BCUT2D eigenvalue weighted by Gasteiger charge is 2.30. The molecule has 0 unspecified atom stereocenters. The molecule has 26 heavy (non-hydrogen) atoms. The molecule has 0 aromatic heterocycles. The first-order valence-corrected chi connectivity index (χ1v) is 9.34. The van der Waals surface area contributed by atoms with Crippen molar-refractivity contribution < 1.29 is 9.53 Å². The molecule has 0 spiro atoms. The third-order valence-electron chi connectivity index (χ3n) is 4.93. The Hall–Kier alpha value is -2.17. The van der Waals surface area contributed by atoms with Crippen LogP contribution in [0.1, 0.15) is 37.9 Å². The average molecular weight is 352 g/mol. The van der Waals surface area contributed by atoms with Gasteiger partial charge >= 0.3 is 0 Å². The molecule has 2 aromatic rings. The molecule has 4 nitrogen and oxygen atoms in total. The SMILES string of the molecule is C[C@@H]1CN([C@H](C)C(=O)NC(c2ccccc2)c2ccccc2)C[C@H](C)O1. The molecule has 2 aromatic carbocycles. The number of hydrogen-bond donors (Lipinski definition) is 1. The van der Waals surface area contributed by atoms with E-state index in [-0.39, 0.29) is 30.2 Å². The highest BCUT2D eigenvalue weighted by Crippen LogP contribution is 2.22. The monoisotopic (exact) mass is 352 g/mol. The number of morpholine rings is 1. The van der Waals surface area contributed by atoms with Crippen LogP contribution in [0.25, 0.3) is 0 Å². The average Bonchev–Trinajstić information content (AvgIpc) is 2.66. The number of nitrogens with zero attached hydrogens (tertiary/aromatic N) is 1. The molecule has 138 valence electrons. The van der Waals surface area contributed by atoms with Crippen molar-refractivity contribution in [3.05, 3.63) is 71.8 Å². The Bertz CT molecular complexity index is 655. The zero-order valence-electron chi connectivity index (χ0n) is 15.8.